The molecule has 0 radical (unpaired) electrons. The Labute approximate surface area is 155 Å². The molecule has 0 atom stereocenters. The molecule has 2 heterocycles. The summed E-state index contributed by atoms with van der Waals surface area (Å²) in [5.41, 5.74) is -0.642. The minimum Gasteiger partial charge on any atom is -0.421 e. The van der Waals surface area contributed by atoms with Crippen LogP contribution in [-0.4, -0.2) is 26.3 Å². The third-order valence-corrected chi connectivity index (χ3v) is 4.47. The third kappa shape index (κ3) is 4.88. The van der Waals surface area contributed by atoms with Gasteiger partial charge in [-0.15, -0.1) is 20.4 Å². The number of anilines is 1. The van der Waals surface area contributed by atoms with Gasteiger partial charge in [0.25, 0.3) is 0 Å². The van der Waals surface area contributed by atoms with Crippen LogP contribution in [0.15, 0.2) is 28.7 Å². The second-order valence-corrected chi connectivity index (χ2v) is 6.54. The predicted octanol–water partition coefficient (Wildman–Crippen LogP) is 3.74. The first-order valence-electron chi connectivity index (χ1n) is 7.97. The number of hydrogen-bond acceptors (Lipinski definition) is 7. The van der Waals surface area contributed by atoms with E-state index in [4.69, 9.17) is 4.42 Å². The van der Waals surface area contributed by atoms with Gasteiger partial charge in [-0.3, -0.25) is 4.79 Å². The van der Waals surface area contributed by atoms with Gasteiger partial charge in [0.1, 0.15) is 5.01 Å². The van der Waals surface area contributed by atoms with Crippen molar-refractivity contribution in [3.8, 4) is 11.5 Å². The highest BCUT2D eigenvalue weighted by Gasteiger charge is 2.30. The van der Waals surface area contributed by atoms with E-state index < -0.39 is 11.7 Å². The summed E-state index contributed by atoms with van der Waals surface area (Å²) >= 11 is 1.29. The van der Waals surface area contributed by atoms with Crippen LogP contribution < -0.4 is 5.32 Å². The van der Waals surface area contributed by atoms with Crippen LogP contribution in [0.4, 0.5) is 18.3 Å². The highest BCUT2D eigenvalue weighted by atomic mass is 32.1. The van der Waals surface area contributed by atoms with Gasteiger partial charge in [0, 0.05) is 18.4 Å². The normalized spacial score (nSPS) is 11.6. The number of carbonyl (C=O) groups is 1. The second-order valence-electron chi connectivity index (χ2n) is 5.48. The van der Waals surface area contributed by atoms with Crippen LogP contribution in [0.3, 0.4) is 0 Å². The summed E-state index contributed by atoms with van der Waals surface area (Å²) in [5.74, 6) is -0.176. The summed E-state index contributed by atoms with van der Waals surface area (Å²) in [6.07, 6.45) is -3.52. The zero-order valence-corrected chi connectivity index (χ0v) is 14.9. The molecule has 7 nitrogen and oxygen atoms in total. The van der Waals surface area contributed by atoms with E-state index >= 15 is 0 Å². The van der Waals surface area contributed by atoms with Gasteiger partial charge in [0.2, 0.25) is 22.8 Å². The molecule has 2 aromatic heterocycles. The number of nitrogens with one attached hydrogen (secondary N) is 1. The molecule has 1 aromatic carbocycles. The Balaban J connectivity index is 1.60. The molecule has 1 amide bonds. The molecule has 0 aliphatic rings. The summed E-state index contributed by atoms with van der Waals surface area (Å²) in [6, 6.07) is 4.61. The van der Waals surface area contributed by atoms with Crippen LogP contribution in [0.25, 0.3) is 11.5 Å². The fourth-order valence-corrected chi connectivity index (χ4v) is 2.84. The number of aryl methyl sites for hydroxylation is 2. The minimum absolute atomic E-state index is 0.0341. The Hall–Kier alpha value is -2.82. The summed E-state index contributed by atoms with van der Waals surface area (Å²) < 4.78 is 43.7. The number of rotatable bonds is 6. The predicted molar refractivity (Wildman–Crippen MR) is 91.0 cm³/mol. The first-order valence-corrected chi connectivity index (χ1v) is 8.79. The number of amides is 1. The van der Waals surface area contributed by atoms with Gasteiger partial charge < -0.3 is 9.73 Å². The van der Waals surface area contributed by atoms with Gasteiger partial charge in [-0.2, -0.15) is 13.2 Å². The van der Waals surface area contributed by atoms with Crippen molar-refractivity contribution in [2.75, 3.05) is 5.32 Å². The fraction of sp³-hybridized carbons (Fsp3) is 0.312. The van der Waals surface area contributed by atoms with Crippen molar-refractivity contribution in [2.24, 2.45) is 0 Å². The van der Waals surface area contributed by atoms with Gasteiger partial charge >= 0.3 is 6.18 Å². The molecule has 0 spiro atoms. The standard InChI is InChI=1S/C16H14F3N5O2S/c1-2-13-22-24-15(27-13)20-11(25)6-7-12-21-23-14(26-12)9-4-3-5-10(8-9)16(17,18)19/h3-5,8H,2,6-7H2,1H3,(H,20,24,25). The van der Waals surface area contributed by atoms with E-state index in [1.54, 1.807) is 0 Å². The third-order valence-electron chi connectivity index (χ3n) is 3.49. The Morgan fingerprint density at radius 3 is 2.74 bits per heavy atom. The molecular weight excluding hydrogens is 383 g/mol. The monoisotopic (exact) mass is 397 g/mol. The van der Waals surface area contributed by atoms with Crippen molar-refractivity contribution < 1.29 is 22.4 Å². The number of halogens is 3. The zero-order valence-electron chi connectivity index (χ0n) is 14.1. The molecule has 3 rings (SSSR count). The van der Waals surface area contributed by atoms with Crippen molar-refractivity contribution in [1.29, 1.82) is 0 Å². The number of hydrogen-bond donors (Lipinski definition) is 1. The molecule has 0 bridgehead atoms. The highest BCUT2D eigenvalue weighted by Crippen LogP contribution is 2.31. The maximum atomic E-state index is 12.8. The lowest BCUT2D eigenvalue weighted by atomic mass is 10.1. The molecule has 0 saturated heterocycles. The number of aromatic nitrogens is 4. The van der Waals surface area contributed by atoms with Crippen LogP contribution >= 0.6 is 11.3 Å². The lowest BCUT2D eigenvalue weighted by Gasteiger charge is -2.06. The molecule has 27 heavy (non-hydrogen) atoms. The van der Waals surface area contributed by atoms with E-state index in [0.29, 0.717) is 5.13 Å². The van der Waals surface area contributed by atoms with E-state index in [1.165, 1.54) is 23.5 Å². The number of carbonyl (C=O) groups excluding carboxylic acids is 1. The first-order chi connectivity index (χ1) is 12.8. The van der Waals surface area contributed by atoms with Gasteiger partial charge in [-0.25, -0.2) is 0 Å². The highest BCUT2D eigenvalue weighted by molar-refractivity contribution is 7.15. The maximum absolute atomic E-state index is 12.8. The average molecular weight is 397 g/mol. The van der Waals surface area contributed by atoms with Gasteiger partial charge in [0.15, 0.2) is 0 Å². The molecular formula is C16H14F3N5O2S. The van der Waals surface area contributed by atoms with Crippen LogP contribution in [0.5, 0.6) is 0 Å². The smallest absolute Gasteiger partial charge is 0.416 e. The van der Waals surface area contributed by atoms with Crippen molar-refractivity contribution in [3.05, 3.63) is 40.7 Å². The summed E-state index contributed by atoms with van der Waals surface area (Å²) in [4.78, 5) is 11.9. The molecule has 0 saturated carbocycles. The van der Waals surface area contributed by atoms with Crippen LogP contribution in [-0.2, 0) is 23.8 Å². The van der Waals surface area contributed by atoms with E-state index in [9.17, 15) is 18.0 Å². The zero-order chi connectivity index (χ0) is 19.4. The van der Waals surface area contributed by atoms with Gasteiger partial charge in [-0.05, 0) is 24.6 Å². The second kappa shape index (κ2) is 7.82. The molecule has 0 unspecified atom stereocenters. The summed E-state index contributed by atoms with van der Waals surface area (Å²) in [5, 5.41) is 19.1. The van der Waals surface area contributed by atoms with E-state index in [1.807, 2.05) is 6.92 Å². The fourth-order valence-electron chi connectivity index (χ4n) is 2.15. The molecule has 11 heteroatoms. The Morgan fingerprint density at radius 1 is 1.22 bits per heavy atom. The SMILES string of the molecule is CCc1nnc(NC(=O)CCc2nnc(-c3cccc(C(F)(F)F)c3)o2)s1. The van der Waals surface area contributed by atoms with Crippen LogP contribution in [0.2, 0.25) is 0 Å². The lowest BCUT2D eigenvalue weighted by molar-refractivity contribution is -0.137. The Morgan fingerprint density at radius 2 is 2.04 bits per heavy atom. The minimum atomic E-state index is -4.46. The quantitative estimate of drug-likeness (QED) is 0.681. The summed E-state index contributed by atoms with van der Waals surface area (Å²) in [6.45, 7) is 1.93. The van der Waals surface area contributed by atoms with Crippen molar-refractivity contribution in [3.63, 3.8) is 0 Å². The van der Waals surface area contributed by atoms with Gasteiger partial charge in [0.05, 0.1) is 5.56 Å². The number of alkyl halides is 3. The van der Waals surface area contributed by atoms with E-state index in [0.717, 1.165) is 23.6 Å². The van der Waals surface area contributed by atoms with E-state index in [-0.39, 0.29) is 36.1 Å². The van der Waals surface area contributed by atoms with Crippen LogP contribution in [0, 0.1) is 0 Å². The molecule has 1 N–H and O–H groups in total. The van der Waals surface area contributed by atoms with Crippen molar-refractivity contribution in [1.82, 2.24) is 20.4 Å². The molecule has 0 fully saturated rings. The first kappa shape index (κ1) is 19.0. The lowest BCUT2D eigenvalue weighted by Crippen LogP contribution is -2.12. The summed E-state index contributed by atoms with van der Waals surface area (Å²) in [7, 11) is 0. The number of benzene rings is 1. The van der Waals surface area contributed by atoms with Crippen molar-refractivity contribution in [2.45, 2.75) is 32.4 Å². The Kier molecular flexibility index (Phi) is 5.49. The topological polar surface area (TPSA) is 93.8 Å². The largest absolute Gasteiger partial charge is 0.421 e. The van der Waals surface area contributed by atoms with E-state index in [2.05, 4.69) is 25.7 Å². The maximum Gasteiger partial charge on any atom is 0.416 e. The Bertz CT molecular complexity index is 938. The van der Waals surface area contributed by atoms with Crippen LogP contribution in [0.1, 0.15) is 29.8 Å². The molecule has 142 valence electrons. The average Bonchev–Trinajstić information content (AvgIpc) is 3.28. The molecule has 0 aliphatic carbocycles. The number of nitrogens with zero attached hydrogens (tertiary/aromatic N) is 4. The molecule has 3 aromatic rings. The van der Waals surface area contributed by atoms with Gasteiger partial charge in [-0.1, -0.05) is 24.3 Å². The molecule has 0 aliphatic heterocycles. The van der Waals surface area contributed by atoms with Crippen molar-refractivity contribution >= 4 is 22.4 Å².